The van der Waals surface area contributed by atoms with Gasteiger partial charge in [-0.3, -0.25) is 4.90 Å². The molecule has 3 aromatic rings. The van der Waals surface area contributed by atoms with Crippen molar-refractivity contribution in [3.05, 3.63) is 53.0 Å². The minimum Gasteiger partial charge on any atom is -0.494 e. The quantitative estimate of drug-likeness (QED) is 0.671. The van der Waals surface area contributed by atoms with Gasteiger partial charge in [0.15, 0.2) is 11.6 Å². The van der Waals surface area contributed by atoms with Crippen molar-refractivity contribution in [2.24, 2.45) is 0 Å². The van der Waals surface area contributed by atoms with Crippen LogP contribution in [0.15, 0.2) is 40.1 Å². The third-order valence-electron chi connectivity index (χ3n) is 3.84. The lowest BCUT2D eigenvalue weighted by molar-refractivity contribution is 0.217. The first-order chi connectivity index (χ1) is 11.6. The summed E-state index contributed by atoms with van der Waals surface area (Å²) in [7, 11) is 3.38. The SMILES string of the molecule is COc1ccc(CN(C)C(C)c2nnc(-c3cccs3)o2)cc1F. The third-order valence-corrected chi connectivity index (χ3v) is 4.70. The van der Waals surface area contributed by atoms with Gasteiger partial charge in [0.1, 0.15) is 0 Å². The second-order valence-corrected chi connectivity index (χ2v) is 6.43. The number of halogens is 1. The molecule has 2 heterocycles. The molecule has 1 unspecified atom stereocenters. The number of ether oxygens (including phenoxy) is 1. The molecule has 0 aliphatic carbocycles. The molecule has 2 aromatic heterocycles. The molecule has 0 aliphatic rings. The highest BCUT2D eigenvalue weighted by Crippen LogP contribution is 2.27. The van der Waals surface area contributed by atoms with E-state index in [1.165, 1.54) is 13.2 Å². The van der Waals surface area contributed by atoms with Crippen LogP contribution in [0.5, 0.6) is 5.75 Å². The van der Waals surface area contributed by atoms with E-state index in [4.69, 9.17) is 9.15 Å². The van der Waals surface area contributed by atoms with Gasteiger partial charge in [0, 0.05) is 6.54 Å². The van der Waals surface area contributed by atoms with E-state index in [0.717, 1.165) is 10.4 Å². The average molecular weight is 347 g/mol. The summed E-state index contributed by atoms with van der Waals surface area (Å²) >= 11 is 1.55. The Labute approximate surface area is 143 Å². The minimum atomic E-state index is -0.367. The number of nitrogens with zero attached hydrogens (tertiary/aromatic N) is 3. The fourth-order valence-corrected chi connectivity index (χ4v) is 2.97. The molecule has 1 aromatic carbocycles. The van der Waals surface area contributed by atoms with Gasteiger partial charge in [-0.05, 0) is 43.1 Å². The lowest BCUT2D eigenvalue weighted by Gasteiger charge is -2.21. The topological polar surface area (TPSA) is 51.4 Å². The van der Waals surface area contributed by atoms with Crippen LogP contribution in [-0.2, 0) is 6.54 Å². The third kappa shape index (κ3) is 3.47. The zero-order valence-electron chi connectivity index (χ0n) is 13.7. The van der Waals surface area contributed by atoms with Crippen LogP contribution < -0.4 is 4.74 Å². The summed E-state index contributed by atoms with van der Waals surface area (Å²) in [6.45, 7) is 2.53. The van der Waals surface area contributed by atoms with Crippen molar-refractivity contribution < 1.29 is 13.5 Å². The fraction of sp³-hybridized carbons (Fsp3) is 0.294. The number of aromatic nitrogens is 2. The van der Waals surface area contributed by atoms with Crippen molar-refractivity contribution >= 4 is 11.3 Å². The molecule has 24 heavy (non-hydrogen) atoms. The Morgan fingerprint density at radius 1 is 1.33 bits per heavy atom. The lowest BCUT2D eigenvalue weighted by atomic mass is 10.1. The number of thiophene rings is 1. The Morgan fingerprint density at radius 2 is 2.17 bits per heavy atom. The molecule has 126 valence electrons. The van der Waals surface area contributed by atoms with E-state index in [1.807, 2.05) is 42.5 Å². The molecular formula is C17H18FN3O2S. The Morgan fingerprint density at radius 3 is 2.83 bits per heavy atom. The van der Waals surface area contributed by atoms with E-state index in [2.05, 4.69) is 10.2 Å². The molecule has 0 spiro atoms. The number of benzene rings is 1. The van der Waals surface area contributed by atoms with Crippen molar-refractivity contribution in [3.8, 4) is 16.5 Å². The molecular weight excluding hydrogens is 329 g/mol. The first-order valence-corrected chi connectivity index (χ1v) is 8.36. The van der Waals surface area contributed by atoms with E-state index in [-0.39, 0.29) is 17.6 Å². The molecule has 0 amide bonds. The predicted octanol–water partition coefficient (Wildman–Crippen LogP) is 4.14. The van der Waals surface area contributed by atoms with E-state index in [1.54, 1.807) is 17.4 Å². The molecule has 0 aliphatic heterocycles. The lowest BCUT2D eigenvalue weighted by Crippen LogP contribution is -2.22. The Kier molecular flexibility index (Phi) is 4.92. The van der Waals surface area contributed by atoms with Gasteiger partial charge in [0.05, 0.1) is 18.0 Å². The maximum Gasteiger partial charge on any atom is 0.257 e. The molecule has 0 saturated heterocycles. The number of methoxy groups -OCH3 is 1. The second kappa shape index (κ2) is 7.11. The van der Waals surface area contributed by atoms with Crippen LogP contribution in [0.25, 0.3) is 10.8 Å². The van der Waals surface area contributed by atoms with Crippen molar-refractivity contribution in [1.29, 1.82) is 0 Å². The van der Waals surface area contributed by atoms with Crippen LogP contribution in [0.4, 0.5) is 4.39 Å². The number of hydrogen-bond acceptors (Lipinski definition) is 6. The second-order valence-electron chi connectivity index (χ2n) is 5.48. The highest BCUT2D eigenvalue weighted by molar-refractivity contribution is 7.13. The minimum absolute atomic E-state index is 0.0867. The Bertz CT molecular complexity index is 804. The van der Waals surface area contributed by atoms with Gasteiger partial charge in [-0.2, -0.15) is 0 Å². The highest BCUT2D eigenvalue weighted by atomic mass is 32.1. The van der Waals surface area contributed by atoms with Crippen LogP contribution in [0, 0.1) is 5.82 Å². The van der Waals surface area contributed by atoms with Crippen molar-refractivity contribution in [3.63, 3.8) is 0 Å². The van der Waals surface area contributed by atoms with Gasteiger partial charge in [-0.25, -0.2) is 4.39 Å². The average Bonchev–Trinajstić information content (AvgIpc) is 3.25. The largest absolute Gasteiger partial charge is 0.494 e. The van der Waals surface area contributed by atoms with Crippen molar-refractivity contribution in [1.82, 2.24) is 15.1 Å². The van der Waals surface area contributed by atoms with E-state index in [0.29, 0.717) is 18.3 Å². The Hall–Kier alpha value is -2.25. The van der Waals surface area contributed by atoms with Crippen LogP contribution in [0.2, 0.25) is 0 Å². The van der Waals surface area contributed by atoms with Gasteiger partial charge < -0.3 is 9.15 Å². The van der Waals surface area contributed by atoms with E-state index < -0.39 is 0 Å². The Balaban J connectivity index is 1.70. The number of hydrogen-bond donors (Lipinski definition) is 0. The fourth-order valence-electron chi connectivity index (χ4n) is 2.32. The molecule has 0 radical (unpaired) electrons. The van der Waals surface area contributed by atoms with Gasteiger partial charge >= 0.3 is 0 Å². The normalized spacial score (nSPS) is 12.5. The van der Waals surface area contributed by atoms with Crippen molar-refractivity contribution in [2.45, 2.75) is 19.5 Å². The molecule has 7 heteroatoms. The first kappa shape index (κ1) is 16.6. The van der Waals surface area contributed by atoms with Gasteiger partial charge in [0.2, 0.25) is 5.89 Å². The van der Waals surface area contributed by atoms with E-state index in [9.17, 15) is 4.39 Å². The first-order valence-electron chi connectivity index (χ1n) is 7.48. The van der Waals surface area contributed by atoms with Crippen LogP contribution >= 0.6 is 11.3 Å². The molecule has 5 nitrogen and oxygen atoms in total. The number of rotatable bonds is 6. The molecule has 0 fully saturated rings. The monoisotopic (exact) mass is 347 g/mol. The summed E-state index contributed by atoms with van der Waals surface area (Å²) in [5.41, 5.74) is 0.848. The molecule has 0 saturated carbocycles. The smallest absolute Gasteiger partial charge is 0.257 e. The predicted molar refractivity (Wildman–Crippen MR) is 90.4 cm³/mol. The van der Waals surface area contributed by atoms with Crippen LogP contribution in [-0.4, -0.2) is 29.3 Å². The summed E-state index contributed by atoms with van der Waals surface area (Å²) in [6.07, 6.45) is 0. The van der Waals surface area contributed by atoms with E-state index >= 15 is 0 Å². The van der Waals surface area contributed by atoms with Crippen LogP contribution in [0.1, 0.15) is 24.4 Å². The zero-order valence-corrected chi connectivity index (χ0v) is 14.5. The molecule has 0 N–H and O–H groups in total. The molecule has 0 bridgehead atoms. The van der Waals surface area contributed by atoms with Gasteiger partial charge in [0.25, 0.3) is 5.89 Å². The van der Waals surface area contributed by atoms with Crippen LogP contribution in [0.3, 0.4) is 0 Å². The maximum atomic E-state index is 13.8. The van der Waals surface area contributed by atoms with Crippen molar-refractivity contribution in [2.75, 3.05) is 14.2 Å². The summed E-state index contributed by atoms with van der Waals surface area (Å²) in [5.74, 6) is 0.936. The molecule has 1 atom stereocenters. The summed E-state index contributed by atoms with van der Waals surface area (Å²) in [5, 5.41) is 10.2. The summed E-state index contributed by atoms with van der Waals surface area (Å²) in [4.78, 5) is 2.97. The standard InChI is InChI=1S/C17H18FN3O2S/c1-11(16-19-20-17(23-16)15-5-4-8-24-15)21(2)10-12-6-7-14(22-3)13(18)9-12/h4-9,11H,10H2,1-3H3. The summed E-state index contributed by atoms with van der Waals surface area (Å²) in [6, 6.07) is 8.75. The summed E-state index contributed by atoms with van der Waals surface area (Å²) < 4.78 is 24.5. The zero-order chi connectivity index (χ0) is 17.1. The molecule has 3 rings (SSSR count). The van der Waals surface area contributed by atoms with Gasteiger partial charge in [-0.15, -0.1) is 21.5 Å². The maximum absolute atomic E-state index is 13.8. The highest BCUT2D eigenvalue weighted by Gasteiger charge is 2.20. The van der Waals surface area contributed by atoms with Gasteiger partial charge in [-0.1, -0.05) is 12.1 Å².